The number of aryl methyl sites for hydroxylation is 1. The van der Waals surface area contributed by atoms with Gasteiger partial charge in [-0.05, 0) is 74.7 Å². The maximum absolute atomic E-state index is 12.4. The largest absolute Gasteiger partial charge is 0.491 e. The standard InChI is InChI=1S/C20H23N3O3S2/c1-3-11(2)26-13-9-7-12(8-10-13)18(25)22-20(27)23-19-16(17(21)24)14-5-4-6-15(14)28-19/h7-11H,3-6H2,1-2H3,(H2,21,24)(H2,22,23,25,27)/t11-/m0/s1. The Balaban J connectivity index is 1.64. The van der Waals surface area contributed by atoms with Gasteiger partial charge in [0.2, 0.25) is 0 Å². The highest BCUT2D eigenvalue weighted by atomic mass is 32.1. The first-order valence-corrected chi connectivity index (χ1v) is 10.4. The number of benzene rings is 1. The number of hydrogen-bond donors (Lipinski definition) is 3. The van der Waals surface area contributed by atoms with Crippen molar-refractivity contribution >= 4 is 45.5 Å². The Labute approximate surface area is 173 Å². The van der Waals surface area contributed by atoms with Crippen molar-refractivity contribution < 1.29 is 14.3 Å². The zero-order chi connectivity index (χ0) is 20.3. The highest BCUT2D eigenvalue weighted by molar-refractivity contribution is 7.80. The SMILES string of the molecule is CC[C@H](C)Oc1ccc(C(=O)NC(=S)Nc2sc3c(c2C(N)=O)CCC3)cc1. The zero-order valence-corrected chi connectivity index (χ0v) is 17.5. The summed E-state index contributed by atoms with van der Waals surface area (Å²) in [4.78, 5) is 25.4. The number of thiocarbonyl (C=S) groups is 1. The Morgan fingerprint density at radius 2 is 2.00 bits per heavy atom. The van der Waals surface area contributed by atoms with Crippen molar-refractivity contribution in [1.82, 2.24) is 5.32 Å². The predicted octanol–water partition coefficient (Wildman–Crippen LogP) is 3.64. The number of rotatable bonds is 6. The minimum atomic E-state index is -0.479. The number of hydrogen-bond acceptors (Lipinski definition) is 5. The van der Waals surface area contributed by atoms with Gasteiger partial charge in [0.05, 0.1) is 11.7 Å². The van der Waals surface area contributed by atoms with E-state index >= 15 is 0 Å². The number of primary amides is 1. The van der Waals surface area contributed by atoms with Gasteiger partial charge in [-0.1, -0.05) is 6.92 Å². The summed E-state index contributed by atoms with van der Waals surface area (Å²) in [5.74, 6) is -0.101. The number of amides is 2. The van der Waals surface area contributed by atoms with Gasteiger partial charge in [-0.25, -0.2) is 0 Å². The summed E-state index contributed by atoms with van der Waals surface area (Å²) in [5, 5.41) is 6.33. The molecule has 148 valence electrons. The maximum atomic E-state index is 12.4. The van der Waals surface area contributed by atoms with Crippen LogP contribution in [0.3, 0.4) is 0 Å². The first-order valence-electron chi connectivity index (χ1n) is 9.22. The first kappa shape index (κ1) is 20.3. The molecule has 0 spiro atoms. The lowest BCUT2D eigenvalue weighted by Gasteiger charge is -2.13. The lowest BCUT2D eigenvalue weighted by Crippen LogP contribution is -2.34. The molecular formula is C20H23N3O3S2. The topological polar surface area (TPSA) is 93.4 Å². The summed E-state index contributed by atoms with van der Waals surface area (Å²) in [6.45, 7) is 4.04. The number of carbonyl (C=O) groups is 2. The number of fused-ring (bicyclic) bond motifs is 1. The van der Waals surface area contributed by atoms with Gasteiger partial charge in [-0.2, -0.15) is 0 Å². The molecular weight excluding hydrogens is 394 g/mol. The van der Waals surface area contributed by atoms with Crippen LogP contribution >= 0.6 is 23.6 Å². The summed E-state index contributed by atoms with van der Waals surface area (Å²) in [6, 6.07) is 6.88. The summed E-state index contributed by atoms with van der Waals surface area (Å²) >= 11 is 6.72. The van der Waals surface area contributed by atoms with Crippen LogP contribution in [0.1, 0.15) is 57.8 Å². The molecule has 2 amide bonds. The van der Waals surface area contributed by atoms with E-state index in [2.05, 4.69) is 10.6 Å². The van der Waals surface area contributed by atoms with E-state index in [-0.39, 0.29) is 17.1 Å². The van der Waals surface area contributed by atoms with E-state index in [1.165, 1.54) is 11.3 Å². The van der Waals surface area contributed by atoms with Gasteiger partial charge in [0.15, 0.2) is 5.11 Å². The molecule has 0 saturated carbocycles. The van der Waals surface area contributed by atoms with Gasteiger partial charge in [0, 0.05) is 10.4 Å². The molecule has 1 aromatic carbocycles. The molecule has 0 bridgehead atoms. The molecule has 4 N–H and O–H groups in total. The van der Waals surface area contributed by atoms with Crippen LogP contribution in [0.25, 0.3) is 0 Å². The van der Waals surface area contributed by atoms with E-state index in [1.807, 2.05) is 13.8 Å². The number of ether oxygens (including phenoxy) is 1. The Morgan fingerprint density at radius 3 is 2.64 bits per heavy atom. The Hall–Kier alpha value is -2.45. The molecule has 0 saturated heterocycles. The minimum Gasteiger partial charge on any atom is -0.491 e. The van der Waals surface area contributed by atoms with Crippen LogP contribution in [0, 0.1) is 0 Å². The molecule has 8 heteroatoms. The molecule has 3 rings (SSSR count). The lowest BCUT2D eigenvalue weighted by molar-refractivity contribution is 0.0975. The van der Waals surface area contributed by atoms with Crippen molar-refractivity contribution in [3.63, 3.8) is 0 Å². The molecule has 1 aliphatic rings. The fraction of sp³-hybridized carbons (Fsp3) is 0.350. The fourth-order valence-corrected chi connectivity index (χ4v) is 4.62. The average molecular weight is 418 g/mol. The van der Waals surface area contributed by atoms with Crippen molar-refractivity contribution in [1.29, 1.82) is 0 Å². The van der Waals surface area contributed by atoms with E-state index in [4.69, 9.17) is 22.7 Å². The normalized spacial score (nSPS) is 13.5. The van der Waals surface area contributed by atoms with Crippen molar-refractivity contribution in [3.8, 4) is 5.75 Å². The number of nitrogens with two attached hydrogens (primary N) is 1. The van der Waals surface area contributed by atoms with Crippen molar-refractivity contribution in [2.45, 2.75) is 45.6 Å². The van der Waals surface area contributed by atoms with Gasteiger partial charge in [-0.3, -0.25) is 14.9 Å². The fourth-order valence-electron chi connectivity index (χ4n) is 3.06. The summed E-state index contributed by atoms with van der Waals surface area (Å²) in [5.41, 5.74) is 7.50. The van der Waals surface area contributed by atoms with E-state index < -0.39 is 5.91 Å². The number of carbonyl (C=O) groups excluding carboxylic acids is 2. The van der Waals surface area contributed by atoms with E-state index in [9.17, 15) is 9.59 Å². The maximum Gasteiger partial charge on any atom is 0.257 e. The Bertz CT molecular complexity index is 906. The monoisotopic (exact) mass is 417 g/mol. The van der Waals surface area contributed by atoms with Gasteiger partial charge in [0.1, 0.15) is 10.8 Å². The minimum absolute atomic E-state index is 0.114. The van der Waals surface area contributed by atoms with Gasteiger partial charge < -0.3 is 15.8 Å². The molecule has 0 radical (unpaired) electrons. The molecule has 28 heavy (non-hydrogen) atoms. The van der Waals surface area contributed by atoms with Crippen molar-refractivity contribution in [3.05, 3.63) is 45.8 Å². The van der Waals surface area contributed by atoms with Crippen LogP contribution in [-0.2, 0) is 12.8 Å². The van der Waals surface area contributed by atoms with Crippen LogP contribution in [0.15, 0.2) is 24.3 Å². The van der Waals surface area contributed by atoms with Crippen LogP contribution in [0.4, 0.5) is 5.00 Å². The molecule has 0 aliphatic heterocycles. The van der Waals surface area contributed by atoms with Crippen molar-refractivity contribution in [2.24, 2.45) is 5.73 Å². The van der Waals surface area contributed by atoms with Gasteiger partial charge in [-0.15, -0.1) is 11.3 Å². The van der Waals surface area contributed by atoms with Crippen molar-refractivity contribution in [2.75, 3.05) is 5.32 Å². The summed E-state index contributed by atoms with van der Waals surface area (Å²) in [6.07, 6.45) is 3.83. The molecule has 6 nitrogen and oxygen atoms in total. The molecule has 2 aromatic rings. The van der Waals surface area contributed by atoms with Gasteiger partial charge in [0.25, 0.3) is 11.8 Å². The highest BCUT2D eigenvalue weighted by Crippen LogP contribution is 2.38. The van der Waals surface area contributed by atoms with Crippen LogP contribution in [0.2, 0.25) is 0 Å². The van der Waals surface area contributed by atoms with Crippen LogP contribution < -0.4 is 21.1 Å². The highest BCUT2D eigenvalue weighted by Gasteiger charge is 2.25. The molecule has 1 aliphatic carbocycles. The third-order valence-electron chi connectivity index (χ3n) is 4.65. The summed E-state index contributed by atoms with van der Waals surface area (Å²) in [7, 11) is 0. The third-order valence-corrected chi connectivity index (χ3v) is 6.06. The number of anilines is 1. The number of thiophene rings is 1. The van der Waals surface area contributed by atoms with E-state index in [0.29, 0.717) is 21.9 Å². The quantitative estimate of drug-likeness (QED) is 0.624. The van der Waals surface area contributed by atoms with Crippen LogP contribution in [0.5, 0.6) is 5.75 Å². The molecule has 1 heterocycles. The first-order chi connectivity index (χ1) is 13.4. The smallest absolute Gasteiger partial charge is 0.257 e. The zero-order valence-electron chi connectivity index (χ0n) is 15.8. The van der Waals surface area contributed by atoms with Crippen LogP contribution in [-0.4, -0.2) is 23.0 Å². The second-order valence-electron chi connectivity index (χ2n) is 6.70. The molecule has 0 unspecified atom stereocenters. The Morgan fingerprint density at radius 1 is 1.29 bits per heavy atom. The predicted molar refractivity (Wildman–Crippen MR) is 115 cm³/mol. The van der Waals surface area contributed by atoms with E-state index in [0.717, 1.165) is 36.1 Å². The third kappa shape index (κ3) is 4.51. The lowest BCUT2D eigenvalue weighted by atomic mass is 10.1. The Kier molecular flexibility index (Phi) is 6.31. The summed E-state index contributed by atoms with van der Waals surface area (Å²) < 4.78 is 5.71. The average Bonchev–Trinajstić information content (AvgIpc) is 3.22. The molecule has 0 fully saturated rings. The molecule has 1 aromatic heterocycles. The molecule has 1 atom stereocenters. The second-order valence-corrected chi connectivity index (χ2v) is 8.21. The van der Waals surface area contributed by atoms with E-state index in [1.54, 1.807) is 24.3 Å². The second kappa shape index (κ2) is 8.70. The van der Waals surface area contributed by atoms with Gasteiger partial charge >= 0.3 is 0 Å². The number of nitrogens with one attached hydrogen (secondary N) is 2.